The molecule has 3 aromatic rings. The first-order valence-corrected chi connectivity index (χ1v) is 7.84. The molecule has 3 aromatic heterocycles. The molecule has 1 fully saturated rings. The number of likely N-dealkylation sites (tertiary alicyclic amines) is 1. The number of amides is 1. The van der Waals surface area contributed by atoms with E-state index in [0.29, 0.717) is 5.69 Å². The smallest absolute Gasteiger partial charge is 0.272 e. The summed E-state index contributed by atoms with van der Waals surface area (Å²) in [6.07, 6.45) is 7.90. The molecule has 0 radical (unpaired) electrons. The van der Waals surface area contributed by atoms with Crippen molar-refractivity contribution in [1.82, 2.24) is 29.5 Å². The monoisotopic (exact) mass is 310 g/mol. The second-order valence-electron chi connectivity index (χ2n) is 5.90. The number of carbonyl (C=O) groups excluding carboxylic acids is 1. The Bertz CT molecular complexity index is 838. The van der Waals surface area contributed by atoms with Gasteiger partial charge in [0.05, 0.1) is 30.5 Å². The largest absolute Gasteiger partial charge is 0.341 e. The lowest BCUT2D eigenvalue weighted by molar-refractivity contribution is 0.0600. The van der Waals surface area contributed by atoms with Crippen LogP contribution in [0.4, 0.5) is 0 Å². The number of H-pyrrole nitrogens is 1. The predicted molar refractivity (Wildman–Crippen MR) is 83.9 cm³/mol. The van der Waals surface area contributed by atoms with Crippen LogP contribution in [0, 0.1) is 6.92 Å². The molecule has 1 N–H and O–H groups in total. The maximum absolute atomic E-state index is 12.8. The Balaban J connectivity index is 1.73. The molecule has 1 aliphatic heterocycles. The first kappa shape index (κ1) is 13.9. The van der Waals surface area contributed by atoms with E-state index in [0.717, 1.165) is 42.8 Å². The number of aromatic nitrogens is 5. The number of carbonyl (C=O) groups is 1. The van der Waals surface area contributed by atoms with Gasteiger partial charge in [0.1, 0.15) is 5.69 Å². The average Bonchev–Trinajstić information content (AvgIpc) is 3.25. The van der Waals surface area contributed by atoms with Crippen LogP contribution < -0.4 is 0 Å². The fourth-order valence-electron chi connectivity index (χ4n) is 3.27. The summed E-state index contributed by atoms with van der Waals surface area (Å²) in [4.78, 5) is 26.2. The molecule has 1 saturated heterocycles. The van der Waals surface area contributed by atoms with Crippen LogP contribution in [0.1, 0.15) is 47.2 Å². The quantitative estimate of drug-likeness (QED) is 0.786. The standard InChI is InChI=1S/C16H18N6O/c1-11-8-12(20-15-5-6-19-22(11)15)14-4-2-3-7-21(14)16(23)13-9-17-10-18-13/h5-6,8-10,14H,2-4,7H2,1H3,(H,17,18). The Morgan fingerprint density at radius 3 is 3.13 bits per heavy atom. The van der Waals surface area contributed by atoms with Gasteiger partial charge in [-0.2, -0.15) is 5.10 Å². The normalized spacial score (nSPS) is 18.5. The van der Waals surface area contributed by atoms with Crippen molar-refractivity contribution in [3.8, 4) is 0 Å². The van der Waals surface area contributed by atoms with E-state index < -0.39 is 0 Å². The molecule has 0 bridgehead atoms. The zero-order chi connectivity index (χ0) is 15.8. The minimum absolute atomic E-state index is 0.00171. The number of rotatable bonds is 2. The van der Waals surface area contributed by atoms with E-state index in [4.69, 9.17) is 4.98 Å². The number of fused-ring (bicyclic) bond motifs is 1. The number of aromatic amines is 1. The second kappa shape index (κ2) is 5.49. The highest BCUT2D eigenvalue weighted by Crippen LogP contribution is 2.31. The summed E-state index contributed by atoms with van der Waals surface area (Å²) in [5.74, 6) is -0.0139. The van der Waals surface area contributed by atoms with E-state index >= 15 is 0 Å². The fourth-order valence-corrected chi connectivity index (χ4v) is 3.27. The van der Waals surface area contributed by atoms with Gasteiger partial charge in [0.2, 0.25) is 0 Å². The van der Waals surface area contributed by atoms with Crippen LogP contribution in [0.5, 0.6) is 0 Å². The molecule has 23 heavy (non-hydrogen) atoms. The molecular weight excluding hydrogens is 292 g/mol. The molecule has 0 aliphatic carbocycles. The van der Waals surface area contributed by atoms with Crippen LogP contribution >= 0.6 is 0 Å². The van der Waals surface area contributed by atoms with Crippen LogP contribution in [-0.2, 0) is 0 Å². The van der Waals surface area contributed by atoms with Gasteiger partial charge in [-0.1, -0.05) is 0 Å². The Labute approximate surface area is 133 Å². The minimum atomic E-state index is -0.0139. The van der Waals surface area contributed by atoms with E-state index in [2.05, 4.69) is 15.1 Å². The van der Waals surface area contributed by atoms with Crippen molar-refractivity contribution in [1.29, 1.82) is 0 Å². The van der Waals surface area contributed by atoms with E-state index in [-0.39, 0.29) is 11.9 Å². The van der Waals surface area contributed by atoms with Gasteiger partial charge in [0.15, 0.2) is 5.65 Å². The number of aryl methyl sites for hydroxylation is 1. The highest BCUT2D eigenvalue weighted by atomic mass is 16.2. The molecule has 1 aliphatic rings. The summed E-state index contributed by atoms with van der Waals surface area (Å²) in [7, 11) is 0. The van der Waals surface area contributed by atoms with Crippen LogP contribution in [0.15, 0.2) is 30.9 Å². The number of piperidine rings is 1. The van der Waals surface area contributed by atoms with E-state index in [1.807, 2.05) is 28.5 Å². The predicted octanol–water partition coefficient (Wildman–Crippen LogP) is 2.13. The van der Waals surface area contributed by atoms with Crippen LogP contribution in [0.3, 0.4) is 0 Å². The van der Waals surface area contributed by atoms with Gasteiger partial charge in [-0.15, -0.1) is 0 Å². The molecule has 1 unspecified atom stereocenters. The summed E-state index contributed by atoms with van der Waals surface area (Å²) < 4.78 is 1.81. The van der Waals surface area contributed by atoms with Crippen LogP contribution in [0.25, 0.3) is 5.65 Å². The molecule has 118 valence electrons. The van der Waals surface area contributed by atoms with Gasteiger partial charge in [-0.05, 0) is 32.3 Å². The number of hydrogen-bond acceptors (Lipinski definition) is 4. The van der Waals surface area contributed by atoms with Gasteiger partial charge >= 0.3 is 0 Å². The lowest BCUT2D eigenvalue weighted by atomic mass is 9.98. The van der Waals surface area contributed by atoms with Gasteiger partial charge in [-0.3, -0.25) is 4.79 Å². The van der Waals surface area contributed by atoms with Gasteiger partial charge in [0, 0.05) is 18.3 Å². The third-order valence-corrected chi connectivity index (χ3v) is 4.39. The number of hydrogen-bond donors (Lipinski definition) is 1. The lowest BCUT2D eigenvalue weighted by Crippen LogP contribution is -2.39. The number of imidazole rings is 1. The highest BCUT2D eigenvalue weighted by molar-refractivity contribution is 5.92. The summed E-state index contributed by atoms with van der Waals surface area (Å²) in [6.45, 7) is 2.75. The topological polar surface area (TPSA) is 79.2 Å². The Morgan fingerprint density at radius 2 is 2.30 bits per heavy atom. The third kappa shape index (κ3) is 2.38. The zero-order valence-electron chi connectivity index (χ0n) is 12.9. The van der Waals surface area contributed by atoms with Crippen molar-refractivity contribution < 1.29 is 4.79 Å². The molecule has 0 saturated carbocycles. The van der Waals surface area contributed by atoms with E-state index in [9.17, 15) is 4.79 Å². The number of nitrogens with one attached hydrogen (secondary N) is 1. The highest BCUT2D eigenvalue weighted by Gasteiger charge is 2.30. The lowest BCUT2D eigenvalue weighted by Gasteiger charge is -2.35. The van der Waals surface area contributed by atoms with Gasteiger partial charge < -0.3 is 9.88 Å². The Hall–Kier alpha value is -2.70. The molecule has 7 nitrogen and oxygen atoms in total. The first-order chi connectivity index (χ1) is 11.2. The number of nitrogens with zero attached hydrogens (tertiary/aromatic N) is 5. The summed E-state index contributed by atoms with van der Waals surface area (Å²) >= 11 is 0. The van der Waals surface area contributed by atoms with Gasteiger partial charge in [-0.25, -0.2) is 14.5 Å². The van der Waals surface area contributed by atoms with Crippen LogP contribution in [0.2, 0.25) is 0 Å². The third-order valence-electron chi connectivity index (χ3n) is 4.39. The van der Waals surface area contributed by atoms with E-state index in [1.54, 1.807) is 12.4 Å². The van der Waals surface area contributed by atoms with Crippen molar-refractivity contribution in [3.63, 3.8) is 0 Å². The molecule has 4 heterocycles. The van der Waals surface area contributed by atoms with Crippen molar-refractivity contribution in [2.45, 2.75) is 32.2 Å². The molecule has 1 atom stereocenters. The summed E-state index contributed by atoms with van der Waals surface area (Å²) in [5, 5.41) is 4.26. The minimum Gasteiger partial charge on any atom is -0.341 e. The molecular formula is C16H18N6O. The van der Waals surface area contributed by atoms with Gasteiger partial charge in [0.25, 0.3) is 5.91 Å². The molecule has 7 heteroatoms. The Kier molecular flexibility index (Phi) is 3.33. The van der Waals surface area contributed by atoms with E-state index in [1.165, 1.54) is 6.33 Å². The SMILES string of the molecule is Cc1cc(C2CCCCN2C(=O)c2cnc[nH]2)nc2ccnn12. The maximum Gasteiger partial charge on any atom is 0.272 e. The molecule has 1 amide bonds. The average molecular weight is 310 g/mol. The van der Waals surface area contributed by atoms with Crippen molar-refractivity contribution >= 4 is 11.6 Å². The molecule has 4 rings (SSSR count). The van der Waals surface area contributed by atoms with Crippen molar-refractivity contribution in [2.75, 3.05) is 6.54 Å². The summed E-state index contributed by atoms with van der Waals surface area (Å²) in [5.41, 5.74) is 3.30. The second-order valence-corrected chi connectivity index (χ2v) is 5.90. The molecule has 0 spiro atoms. The Morgan fingerprint density at radius 1 is 1.39 bits per heavy atom. The fraction of sp³-hybridized carbons (Fsp3) is 0.375. The summed E-state index contributed by atoms with van der Waals surface area (Å²) in [6, 6.07) is 3.92. The molecule has 0 aromatic carbocycles. The van der Waals surface area contributed by atoms with Crippen molar-refractivity contribution in [3.05, 3.63) is 47.9 Å². The van der Waals surface area contributed by atoms with Crippen molar-refractivity contribution in [2.24, 2.45) is 0 Å². The maximum atomic E-state index is 12.8. The zero-order valence-corrected chi connectivity index (χ0v) is 12.9. The first-order valence-electron chi connectivity index (χ1n) is 7.84. The van der Waals surface area contributed by atoms with Crippen LogP contribution in [-0.4, -0.2) is 41.9 Å².